The van der Waals surface area contributed by atoms with E-state index in [-0.39, 0.29) is 6.17 Å². The zero-order chi connectivity index (χ0) is 5.82. The van der Waals surface area contributed by atoms with Crippen molar-refractivity contribution >= 4 is 6.41 Å². The topological polar surface area (TPSA) is 41.1 Å². The van der Waals surface area contributed by atoms with E-state index in [1.54, 1.807) is 0 Å². The average molecular weight is 114 g/mol. The number of nitrogens with one attached hydrogen (secondary N) is 2. The summed E-state index contributed by atoms with van der Waals surface area (Å²) in [5.74, 6) is 0. The molecule has 0 bridgehead atoms. The molecule has 0 radical (unpaired) electrons. The van der Waals surface area contributed by atoms with Gasteiger partial charge in [0.2, 0.25) is 6.41 Å². The van der Waals surface area contributed by atoms with Crippen LogP contribution in [0, 0.1) is 0 Å². The molecule has 46 valence electrons. The van der Waals surface area contributed by atoms with Crippen LogP contribution in [0.25, 0.3) is 0 Å². The van der Waals surface area contributed by atoms with Crippen LogP contribution in [-0.2, 0) is 4.79 Å². The Labute approximate surface area is 48.5 Å². The third-order valence-electron chi connectivity index (χ3n) is 1.33. The number of hydrogen-bond donors (Lipinski definition) is 2. The van der Waals surface area contributed by atoms with Crippen molar-refractivity contribution < 1.29 is 4.79 Å². The summed E-state index contributed by atoms with van der Waals surface area (Å²) in [6, 6.07) is 0. The minimum Gasteiger partial charge on any atom is -0.343 e. The molecule has 0 unspecified atom stereocenters. The Morgan fingerprint density at radius 2 is 2.62 bits per heavy atom. The first kappa shape index (κ1) is 5.56. The lowest BCUT2D eigenvalue weighted by Gasteiger charge is -2.05. The Morgan fingerprint density at radius 1 is 1.75 bits per heavy atom. The van der Waals surface area contributed by atoms with Crippen molar-refractivity contribution in [1.29, 1.82) is 0 Å². The Kier molecular flexibility index (Phi) is 1.86. The van der Waals surface area contributed by atoms with Crippen molar-refractivity contribution in [2.24, 2.45) is 0 Å². The van der Waals surface area contributed by atoms with E-state index < -0.39 is 0 Å². The van der Waals surface area contributed by atoms with E-state index in [2.05, 4.69) is 10.6 Å². The molecule has 1 aliphatic heterocycles. The first-order chi connectivity index (χ1) is 3.93. The molecule has 1 heterocycles. The quantitative estimate of drug-likeness (QED) is 0.472. The van der Waals surface area contributed by atoms with Crippen LogP contribution in [0.1, 0.15) is 12.8 Å². The molecule has 1 rings (SSSR count). The second kappa shape index (κ2) is 2.67. The standard InChI is InChI=1S/C5H10N2O/c8-4-7-5-2-1-3-6-5/h4-6H,1-3H2,(H,7,8)/t5-/m1/s1. The first-order valence-electron chi connectivity index (χ1n) is 2.86. The highest BCUT2D eigenvalue weighted by Gasteiger charge is 2.10. The summed E-state index contributed by atoms with van der Waals surface area (Å²) in [4.78, 5) is 9.81. The van der Waals surface area contributed by atoms with Gasteiger partial charge in [-0.3, -0.25) is 10.1 Å². The summed E-state index contributed by atoms with van der Waals surface area (Å²) in [6.07, 6.45) is 3.22. The van der Waals surface area contributed by atoms with Crippen molar-refractivity contribution in [3.05, 3.63) is 0 Å². The van der Waals surface area contributed by atoms with E-state index >= 15 is 0 Å². The monoisotopic (exact) mass is 114 g/mol. The van der Waals surface area contributed by atoms with Crippen LogP contribution in [-0.4, -0.2) is 19.1 Å². The maximum atomic E-state index is 9.81. The number of rotatable bonds is 2. The fourth-order valence-corrected chi connectivity index (χ4v) is 0.909. The molecule has 3 nitrogen and oxygen atoms in total. The van der Waals surface area contributed by atoms with Crippen LogP contribution < -0.4 is 10.6 Å². The van der Waals surface area contributed by atoms with Gasteiger partial charge >= 0.3 is 0 Å². The molecule has 1 fully saturated rings. The number of amides is 1. The predicted molar refractivity (Wildman–Crippen MR) is 30.2 cm³/mol. The molecule has 0 aliphatic carbocycles. The second-order valence-corrected chi connectivity index (χ2v) is 1.93. The summed E-state index contributed by atoms with van der Waals surface area (Å²) >= 11 is 0. The summed E-state index contributed by atoms with van der Waals surface area (Å²) in [6.45, 7) is 1.03. The molecule has 2 N–H and O–H groups in total. The molecule has 0 aromatic carbocycles. The molecular formula is C5H10N2O. The van der Waals surface area contributed by atoms with E-state index in [0.29, 0.717) is 0 Å². The van der Waals surface area contributed by atoms with Gasteiger partial charge < -0.3 is 5.32 Å². The molecule has 0 aromatic rings. The SMILES string of the molecule is O=CN[C@@H]1CCCN1. The van der Waals surface area contributed by atoms with Crippen molar-refractivity contribution in [2.75, 3.05) is 6.54 Å². The molecule has 1 saturated heterocycles. The largest absolute Gasteiger partial charge is 0.343 e. The lowest BCUT2D eigenvalue weighted by molar-refractivity contribution is -0.110. The Bertz CT molecular complexity index is 78.5. The summed E-state index contributed by atoms with van der Waals surface area (Å²) in [7, 11) is 0. The second-order valence-electron chi connectivity index (χ2n) is 1.93. The molecule has 1 aliphatic rings. The van der Waals surface area contributed by atoms with Gasteiger partial charge in [0.1, 0.15) is 0 Å². The van der Waals surface area contributed by atoms with E-state index in [1.807, 2.05) is 0 Å². The number of hydrogen-bond acceptors (Lipinski definition) is 2. The number of carbonyl (C=O) groups is 1. The molecule has 0 saturated carbocycles. The van der Waals surface area contributed by atoms with Gasteiger partial charge in [0.05, 0.1) is 6.17 Å². The van der Waals surface area contributed by atoms with Crippen molar-refractivity contribution in [2.45, 2.75) is 19.0 Å². The molecular weight excluding hydrogens is 104 g/mol. The Morgan fingerprint density at radius 3 is 3.12 bits per heavy atom. The van der Waals surface area contributed by atoms with Crippen molar-refractivity contribution in [3.8, 4) is 0 Å². The van der Waals surface area contributed by atoms with Crippen LogP contribution in [0.3, 0.4) is 0 Å². The maximum absolute atomic E-state index is 9.81. The predicted octanol–water partition coefficient (Wildman–Crippen LogP) is -0.558. The highest BCUT2D eigenvalue weighted by molar-refractivity contribution is 5.46. The van der Waals surface area contributed by atoms with E-state index in [1.165, 1.54) is 6.42 Å². The van der Waals surface area contributed by atoms with E-state index in [4.69, 9.17) is 0 Å². The summed E-state index contributed by atoms with van der Waals surface area (Å²) in [5, 5.41) is 5.77. The van der Waals surface area contributed by atoms with Crippen LogP contribution in [0.15, 0.2) is 0 Å². The van der Waals surface area contributed by atoms with Gasteiger partial charge in [-0.25, -0.2) is 0 Å². The Balaban J connectivity index is 2.14. The Hall–Kier alpha value is -0.570. The third kappa shape index (κ3) is 1.20. The normalized spacial score (nSPS) is 27.8. The minimum atomic E-state index is 0.243. The lowest BCUT2D eigenvalue weighted by atomic mass is 10.3. The first-order valence-corrected chi connectivity index (χ1v) is 2.86. The summed E-state index contributed by atoms with van der Waals surface area (Å²) in [5.41, 5.74) is 0. The van der Waals surface area contributed by atoms with Crippen LogP contribution >= 0.6 is 0 Å². The molecule has 1 amide bonds. The molecule has 1 atom stereocenters. The average Bonchev–Trinajstić information content (AvgIpc) is 2.19. The highest BCUT2D eigenvalue weighted by atomic mass is 16.1. The summed E-state index contributed by atoms with van der Waals surface area (Å²) < 4.78 is 0. The van der Waals surface area contributed by atoms with Gasteiger partial charge in [0.25, 0.3) is 0 Å². The fourth-order valence-electron chi connectivity index (χ4n) is 0.909. The van der Waals surface area contributed by atoms with Gasteiger partial charge in [0.15, 0.2) is 0 Å². The van der Waals surface area contributed by atoms with Crippen LogP contribution in [0.5, 0.6) is 0 Å². The van der Waals surface area contributed by atoms with Gasteiger partial charge in [0, 0.05) is 0 Å². The van der Waals surface area contributed by atoms with E-state index in [0.717, 1.165) is 19.4 Å². The number of carbonyl (C=O) groups excluding carboxylic acids is 1. The maximum Gasteiger partial charge on any atom is 0.208 e. The molecule has 0 spiro atoms. The van der Waals surface area contributed by atoms with Crippen molar-refractivity contribution in [1.82, 2.24) is 10.6 Å². The molecule has 8 heavy (non-hydrogen) atoms. The van der Waals surface area contributed by atoms with Gasteiger partial charge in [-0.1, -0.05) is 0 Å². The van der Waals surface area contributed by atoms with Gasteiger partial charge in [-0.15, -0.1) is 0 Å². The lowest BCUT2D eigenvalue weighted by Crippen LogP contribution is -2.35. The smallest absolute Gasteiger partial charge is 0.208 e. The molecule has 3 heteroatoms. The van der Waals surface area contributed by atoms with Gasteiger partial charge in [-0.2, -0.15) is 0 Å². The highest BCUT2D eigenvalue weighted by Crippen LogP contribution is 1.99. The van der Waals surface area contributed by atoms with Crippen molar-refractivity contribution in [3.63, 3.8) is 0 Å². The van der Waals surface area contributed by atoms with Crippen LogP contribution in [0.4, 0.5) is 0 Å². The minimum absolute atomic E-state index is 0.243. The third-order valence-corrected chi connectivity index (χ3v) is 1.33. The molecule has 0 aromatic heterocycles. The fraction of sp³-hybridized carbons (Fsp3) is 0.800. The zero-order valence-corrected chi connectivity index (χ0v) is 4.68. The zero-order valence-electron chi connectivity index (χ0n) is 4.68. The van der Waals surface area contributed by atoms with Gasteiger partial charge in [-0.05, 0) is 19.4 Å². The van der Waals surface area contributed by atoms with E-state index in [9.17, 15) is 4.79 Å². The van der Waals surface area contributed by atoms with Crippen LogP contribution in [0.2, 0.25) is 0 Å².